The van der Waals surface area contributed by atoms with E-state index in [0.717, 1.165) is 0 Å². The maximum Gasteiger partial charge on any atom is 0.281 e. The number of aromatic hydroxyl groups is 1. The molecule has 0 aliphatic rings. The number of rotatable bonds is 2. The minimum absolute atomic E-state index is 0.0809. The predicted octanol–water partition coefficient (Wildman–Crippen LogP) is 3.07. The van der Waals surface area contributed by atoms with E-state index in [2.05, 4.69) is 4.98 Å². The number of alkyl halides is 3. The zero-order chi connectivity index (χ0) is 10.0. The van der Waals surface area contributed by atoms with Gasteiger partial charge in [-0.25, -0.2) is 13.8 Å². The lowest BCUT2D eigenvalue weighted by molar-refractivity contribution is 0.144. The van der Waals surface area contributed by atoms with Crippen LogP contribution in [-0.4, -0.2) is 10.1 Å². The Kier molecular flexibility index (Phi) is 3.66. The van der Waals surface area contributed by atoms with Gasteiger partial charge in [0.1, 0.15) is 11.4 Å². The van der Waals surface area contributed by atoms with E-state index >= 15 is 0 Å². The van der Waals surface area contributed by atoms with Crippen LogP contribution in [0, 0.1) is 3.57 Å². The van der Waals surface area contributed by atoms with E-state index < -0.39 is 6.43 Å². The summed E-state index contributed by atoms with van der Waals surface area (Å²) < 4.78 is 24.8. The minimum Gasteiger partial charge on any atom is -0.506 e. The van der Waals surface area contributed by atoms with Crippen molar-refractivity contribution in [3.8, 4) is 5.75 Å². The van der Waals surface area contributed by atoms with E-state index in [1.807, 2.05) is 0 Å². The molecule has 0 saturated heterocycles. The zero-order valence-electron chi connectivity index (χ0n) is 6.27. The fourth-order valence-corrected chi connectivity index (χ4v) is 1.63. The molecule has 0 amide bonds. The van der Waals surface area contributed by atoms with E-state index in [1.54, 1.807) is 22.6 Å². The Bertz CT molecular complexity index is 322. The Labute approximate surface area is 92.1 Å². The van der Waals surface area contributed by atoms with E-state index in [1.165, 1.54) is 6.07 Å². The van der Waals surface area contributed by atoms with Crippen molar-refractivity contribution in [3.63, 3.8) is 0 Å². The summed E-state index contributed by atoms with van der Waals surface area (Å²) >= 11 is 7.08. The van der Waals surface area contributed by atoms with E-state index in [0.29, 0.717) is 0 Å². The van der Waals surface area contributed by atoms with Gasteiger partial charge in [-0.05, 0) is 28.7 Å². The maximum absolute atomic E-state index is 12.3. The molecule has 0 bridgehead atoms. The lowest BCUT2D eigenvalue weighted by Gasteiger charge is -2.06. The number of hydrogen-bond acceptors (Lipinski definition) is 2. The number of halogens is 4. The first-order valence-corrected chi connectivity index (χ1v) is 4.90. The minimum atomic E-state index is -2.64. The Morgan fingerprint density at radius 2 is 2.23 bits per heavy atom. The van der Waals surface area contributed by atoms with Crippen LogP contribution in [0.15, 0.2) is 6.07 Å². The highest BCUT2D eigenvalue weighted by Gasteiger charge is 2.16. The van der Waals surface area contributed by atoms with Gasteiger partial charge in [-0.1, -0.05) is 0 Å². The highest BCUT2D eigenvalue weighted by molar-refractivity contribution is 14.1. The van der Waals surface area contributed by atoms with E-state index in [9.17, 15) is 13.9 Å². The second-order valence-corrected chi connectivity index (χ2v) is 3.69. The molecule has 1 aromatic heterocycles. The summed E-state index contributed by atoms with van der Waals surface area (Å²) in [5.74, 6) is -0.230. The summed E-state index contributed by atoms with van der Waals surface area (Å²) in [5.41, 5.74) is -0.258. The fourth-order valence-electron chi connectivity index (χ4n) is 0.785. The second-order valence-electron chi connectivity index (χ2n) is 2.26. The van der Waals surface area contributed by atoms with Crippen LogP contribution >= 0.6 is 34.2 Å². The third kappa shape index (κ3) is 2.40. The molecular formula is C7H5ClF2INO. The highest BCUT2D eigenvalue weighted by atomic mass is 127. The molecule has 0 spiro atoms. The van der Waals surface area contributed by atoms with Crippen LogP contribution < -0.4 is 0 Å². The van der Waals surface area contributed by atoms with Crippen molar-refractivity contribution < 1.29 is 13.9 Å². The molecule has 0 atom stereocenters. The molecule has 6 heteroatoms. The van der Waals surface area contributed by atoms with Crippen LogP contribution in [-0.2, 0) is 5.88 Å². The molecular weight excluding hydrogens is 314 g/mol. The average Bonchev–Trinajstić information content (AvgIpc) is 2.03. The van der Waals surface area contributed by atoms with Crippen molar-refractivity contribution in [2.45, 2.75) is 12.3 Å². The smallest absolute Gasteiger partial charge is 0.281 e. The SMILES string of the molecule is Oc1cc(I)c(C(F)F)nc1CCl. The first kappa shape index (κ1) is 10.9. The van der Waals surface area contributed by atoms with Gasteiger partial charge in [0, 0.05) is 3.57 Å². The molecule has 2 nitrogen and oxygen atoms in total. The van der Waals surface area contributed by atoms with Gasteiger partial charge in [0.15, 0.2) is 0 Å². The molecule has 1 aromatic rings. The Balaban J connectivity index is 3.22. The van der Waals surface area contributed by atoms with Crippen LogP contribution in [0.1, 0.15) is 17.8 Å². The van der Waals surface area contributed by atoms with Gasteiger partial charge in [-0.2, -0.15) is 0 Å². The molecule has 1 rings (SSSR count). The van der Waals surface area contributed by atoms with Crippen molar-refractivity contribution in [2.24, 2.45) is 0 Å². The van der Waals surface area contributed by atoms with Gasteiger partial charge in [0.05, 0.1) is 11.6 Å². The largest absolute Gasteiger partial charge is 0.506 e. The summed E-state index contributed by atoms with van der Waals surface area (Å²) in [6.45, 7) is 0. The molecule has 0 unspecified atom stereocenters. The summed E-state index contributed by atoms with van der Waals surface area (Å²) in [6, 6.07) is 1.23. The van der Waals surface area contributed by atoms with Crippen molar-refractivity contribution in [3.05, 3.63) is 21.0 Å². The monoisotopic (exact) mass is 319 g/mol. The maximum atomic E-state index is 12.3. The van der Waals surface area contributed by atoms with E-state index in [-0.39, 0.29) is 26.6 Å². The Morgan fingerprint density at radius 1 is 1.62 bits per heavy atom. The number of hydrogen-bond donors (Lipinski definition) is 1. The standard InChI is InChI=1S/C7H5ClF2INO/c8-2-4-5(13)1-3(11)6(12-4)7(9)10/h1,7,13H,2H2. The van der Waals surface area contributed by atoms with Gasteiger partial charge in [-0.3, -0.25) is 0 Å². The van der Waals surface area contributed by atoms with Crippen LogP contribution in [0.3, 0.4) is 0 Å². The number of aromatic nitrogens is 1. The third-order valence-corrected chi connectivity index (χ3v) is 2.51. The van der Waals surface area contributed by atoms with E-state index in [4.69, 9.17) is 11.6 Å². The Morgan fingerprint density at radius 3 is 2.69 bits per heavy atom. The summed E-state index contributed by atoms with van der Waals surface area (Å²) in [7, 11) is 0. The fraction of sp³-hybridized carbons (Fsp3) is 0.286. The molecule has 0 aromatic carbocycles. The first-order chi connectivity index (χ1) is 6.06. The van der Waals surface area contributed by atoms with Gasteiger partial charge in [-0.15, -0.1) is 11.6 Å². The predicted molar refractivity (Wildman–Crippen MR) is 53.1 cm³/mol. The van der Waals surface area contributed by atoms with Gasteiger partial charge in [0.25, 0.3) is 6.43 Å². The summed E-state index contributed by atoms with van der Waals surface area (Å²) in [4.78, 5) is 3.55. The van der Waals surface area contributed by atoms with Crippen LogP contribution in [0.5, 0.6) is 5.75 Å². The second kappa shape index (κ2) is 4.36. The van der Waals surface area contributed by atoms with Crippen molar-refractivity contribution in [2.75, 3.05) is 0 Å². The lowest BCUT2D eigenvalue weighted by atomic mass is 10.3. The zero-order valence-corrected chi connectivity index (χ0v) is 9.18. The molecule has 1 N–H and O–H groups in total. The van der Waals surface area contributed by atoms with Crippen molar-refractivity contribution in [1.82, 2.24) is 4.98 Å². The topological polar surface area (TPSA) is 33.1 Å². The quantitative estimate of drug-likeness (QED) is 0.671. The lowest BCUT2D eigenvalue weighted by Crippen LogP contribution is -1.98. The average molecular weight is 319 g/mol. The van der Waals surface area contributed by atoms with Crippen molar-refractivity contribution in [1.29, 1.82) is 0 Å². The molecule has 1 heterocycles. The van der Waals surface area contributed by atoms with Crippen molar-refractivity contribution >= 4 is 34.2 Å². The molecule has 0 saturated carbocycles. The summed E-state index contributed by atoms with van der Waals surface area (Å²) in [6.07, 6.45) is -2.64. The first-order valence-electron chi connectivity index (χ1n) is 3.28. The van der Waals surface area contributed by atoms with Gasteiger partial charge < -0.3 is 5.11 Å². The van der Waals surface area contributed by atoms with Crippen LogP contribution in [0.4, 0.5) is 8.78 Å². The van der Waals surface area contributed by atoms with Crippen LogP contribution in [0.2, 0.25) is 0 Å². The molecule has 13 heavy (non-hydrogen) atoms. The van der Waals surface area contributed by atoms with Gasteiger partial charge in [0.2, 0.25) is 0 Å². The molecule has 72 valence electrons. The molecule has 0 fully saturated rings. The molecule has 0 radical (unpaired) electrons. The van der Waals surface area contributed by atoms with Gasteiger partial charge >= 0.3 is 0 Å². The molecule has 0 aliphatic heterocycles. The Hall–Kier alpha value is -0.170. The normalized spacial score (nSPS) is 10.8. The number of pyridine rings is 1. The summed E-state index contributed by atoms with van der Waals surface area (Å²) in [5, 5.41) is 9.20. The molecule has 0 aliphatic carbocycles. The van der Waals surface area contributed by atoms with Crippen LogP contribution in [0.25, 0.3) is 0 Å². The third-order valence-electron chi connectivity index (χ3n) is 1.39. The number of nitrogens with zero attached hydrogens (tertiary/aromatic N) is 1. The highest BCUT2D eigenvalue weighted by Crippen LogP contribution is 2.28.